The second-order valence-corrected chi connectivity index (χ2v) is 5.66. The van der Waals surface area contributed by atoms with Gasteiger partial charge in [0.25, 0.3) is 5.91 Å². The van der Waals surface area contributed by atoms with E-state index in [-0.39, 0.29) is 11.7 Å². The smallest absolute Gasteiger partial charge is 0.255 e. The second kappa shape index (κ2) is 7.54. The van der Waals surface area contributed by atoms with Gasteiger partial charge in [0.15, 0.2) is 5.78 Å². The molecule has 0 aliphatic carbocycles. The Bertz CT molecular complexity index is 697. The number of ether oxygens (including phenoxy) is 1. The molecule has 0 saturated heterocycles. The van der Waals surface area contributed by atoms with Crippen molar-refractivity contribution in [2.45, 2.75) is 20.8 Å². The van der Waals surface area contributed by atoms with Crippen molar-refractivity contribution in [1.82, 2.24) is 4.98 Å². The first kappa shape index (κ1) is 16.7. The minimum atomic E-state index is -0.275. The van der Waals surface area contributed by atoms with E-state index < -0.39 is 0 Å². The number of ketones is 1. The van der Waals surface area contributed by atoms with Crippen LogP contribution in [0.25, 0.3) is 0 Å². The molecule has 1 heterocycles. The normalized spacial score (nSPS) is 10.4. The van der Waals surface area contributed by atoms with E-state index in [9.17, 15) is 9.59 Å². The molecule has 0 atom stereocenters. The van der Waals surface area contributed by atoms with Gasteiger partial charge in [-0.25, -0.2) is 0 Å². The lowest BCUT2D eigenvalue weighted by Gasteiger charge is -2.15. The summed E-state index contributed by atoms with van der Waals surface area (Å²) in [6.07, 6.45) is 3.11. The summed E-state index contributed by atoms with van der Waals surface area (Å²) in [5.41, 5.74) is 1.50. The topological polar surface area (TPSA) is 68.3 Å². The van der Waals surface area contributed by atoms with E-state index in [2.05, 4.69) is 10.3 Å². The summed E-state index contributed by atoms with van der Waals surface area (Å²) in [7, 11) is 0. The number of anilines is 1. The minimum Gasteiger partial charge on any atom is -0.491 e. The molecule has 0 bridgehead atoms. The Morgan fingerprint density at radius 3 is 2.43 bits per heavy atom. The Morgan fingerprint density at radius 1 is 1.13 bits per heavy atom. The van der Waals surface area contributed by atoms with Gasteiger partial charge in [0, 0.05) is 23.5 Å². The van der Waals surface area contributed by atoms with Crippen LogP contribution in [-0.2, 0) is 0 Å². The van der Waals surface area contributed by atoms with Gasteiger partial charge in [-0.05, 0) is 43.2 Å². The SMILES string of the molecule is CC(=O)c1ccc(OCC(C)C)c(NC(=O)c2ccncc2)c1. The van der Waals surface area contributed by atoms with Crippen LogP contribution < -0.4 is 10.1 Å². The number of hydrogen-bond acceptors (Lipinski definition) is 4. The molecule has 23 heavy (non-hydrogen) atoms. The highest BCUT2D eigenvalue weighted by atomic mass is 16.5. The number of carbonyl (C=O) groups is 2. The van der Waals surface area contributed by atoms with Gasteiger partial charge in [-0.3, -0.25) is 14.6 Å². The van der Waals surface area contributed by atoms with Gasteiger partial charge in [0.05, 0.1) is 12.3 Å². The predicted octanol–water partition coefficient (Wildman–Crippen LogP) is 3.57. The number of amides is 1. The van der Waals surface area contributed by atoms with E-state index in [4.69, 9.17) is 4.74 Å². The summed E-state index contributed by atoms with van der Waals surface area (Å²) >= 11 is 0. The van der Waals surface area contributed by atoms with Crippen molar-refractivity contribution < 1.29 is 14.3 Å². The van der Waals surface area contributed by atoms with Crippen LogP contribution >= 0.6 is 0 Å². The van der Waals surface area contributed by atoms with Crippen molar-refractivity contribution in [3.8, 4) is 5.75 Å². The molecule has 2 rings (SSSR count). The Labute approximate surface area is 135 Å². The summed E-state index contributed by atoms with van der Waals surface area (Å²) in [5, 5.41) is 2.80. The number of nitrogens with one attached hydrogen (secondary N) is 1. The standard InChI is InChI=1S/C18H20N2O3/c1-12(2)11-23-17-5-4-15(13(3)21)10-16(17)20-18(22)14-6-8-19-9-7-14/h4-10,12H,11H2,1-3H3,(H,20,22). The number of benzene rings is 1. The molecule has 1 aromatic heterocycles. The highest BCUT2D eigenvalue weighted by Gasteiger charge is 2.13. The lowest BCUT2D eigenvalue weighted by atomic mass is 10.1. The summed E-state index contributed by atoms with van der Waals surface area (Å²) in [6, 6.07) is 8.29. The summed E-state index contributed by atoms with van der Waals surface area (Å²) in [4.78, 5) is 27.8. The third kappa shape index (κ3) is 4.64. The Hall–Kier alpha value is -2.69. The molecule has 5 heteroatoms. The highest BCUT2D eigenvalue weighted by molar-refractivity contribution is 6.06. The lowest BCUT2D eigenvalue weighted by molar-refractivity contribution is 0.101. The van der Waals surface area contributed by atoms with Crippen LogP contribution in [0, 0.1) is 5.92 Å². The Kier molecular flexibility index (Phi) is 5.46. The molecule has 0 aliphatic heterocycles. The highest BCUT2D eigenvalue weighted by Crippen LogP contribution is 2.27. The number of carbonyl (C=O) groups excluding carboxylic acids is 2. The zero-order valence-corrected chi connectivity index (χ0v) is 13.5. The van der Waals surface area contributed by atoms with E-state index in [0.29, 0.717) is 35.1 Å². The number of pyridine rings is 1. The van der Waals surface area contributed by atoms with Crippen molar-refractivity contribution in [2.75, 3.05) is 11.9 Å². The van der Waals surface area contributed by atoms with Gasteiger partial charge < -0.3 is 10.1 Å². The fourth-order valence-corrected chi connectivity index (χ4v) is 1.93. The van der Waals surface area contributed by atoms with Gasteiger partial charge in [-0.15, -0.1) is 0 Å². The molecule has 0 fully saturated rings. The summed E-state index contributed by atoms with van der Waals surface area (Å²) in [5.74, 6) is 0.555. The fourth-order valence-electron chi connectivity index (χ4n) is 1.93. The first-order chi connectivity index (χ1) is 11.0. The largest absolute Gasteiger partial charge is 0.491 e. The maximum atomic E-state index is 12.3. The van der Waals surface area contributed by atoms with Crippen molar-refractivity contribution >= 4 is 17.4 Å². The number of aromatic nitrogens is 1. The average molecular weight is 312 g/mol. The van der Waals surface area contributed by atoms with E-state index in [1.165, 1.54) is 6.92 Å². The van der Waals surface area contributed by atoms with Crippen molar-refractivity contribution in [1.29, 1.82) is 0 Å². The van der Waals surface area contributed by atoms with Crippen molar-refractivity contribution in [2.24, 2.45) is 5.92 Å². The quantitative estimate of drug-likeness (QED) is 0.828. The Balaban J connectivity index is 2.27. The molecule has 0 unspecified atom stereocenters. The molecule has 0 spiro atoms. The van der Waals surface area contributed by atoms with Gasteiger partial charge in [0.1, 0.15) is 5.75 Å². The Morgan fingerprint density at radius 2 is 1.83 bits per heavy atom. The van der Waals surface area contributed by atoms with Crippen LogP contribution in [0.5, 0.6) is 5.75 Å². The van der Waals surface area contributed by atoms with Crippen LogP contribution in [0.2, 0.25) is 0 Å². The first-order valence-electron chi connectivity index (χ1n) is 7.46. The molecule has 0 radical (unpaired) electrons. The third-order valence-corrected chi connectivity index (χ3v) is 3.15. The van der Waals surface area contributed by atoms with Crippen LogP contribution in [0.4, 0.5) is 5.69 Å². The lowest BCUT2D eigenvalue weighted by Crippen LogP contribution is -2.14. The molecule has 120 valence electrons. The molecular weight excluding hydrogens is 292 g/mol. The minimum absolute atomic E-state index is 0.0696. The molecular formula is C18H20N2O3. The van der Waals surface area contributed by atoms with Crippen molar-refractivity contribution in [3.05, 3.63) is 53.9 Å². The zero-order valence-electron chi connectivity index (χ0n) is 13.5. The monoisotopic (exact) mass is 312 g/mol. The number of nitrogens with zero attached hydrogens (tertiary/aromatic N) is 1. The summed E-state index contributed by atoms with van der Waals surface area (Å²) in [6.45, 7) is 6.09. The van der Waals surface area contributed by atoms with E-state index in [0.717, 1.165) is 0 Å². The molecule has 1 amide bonds. The summed E-state index contributed by atoms with van der Waals surface area (Å²) < 4.78 is 5.73. The molecule has 2 aromatic rings. The van der Waals surface area contributed by atoms with E-state index in [1.54, 1.807) is 42.7 Å². The number of rotatable bonds is 6. The van der Waals surface area contributed by atoms with Crippen LogP contribution in [0.15, 0.2) is 42.7 Å². The van der Waals surface area contributed by atoms with Crippen molar-refractivity contribution in [3.63, 3.8) is 0 Å². The molecule has 5 nitrogen and oxygen atoms in total. The van der Waals surface area contributed by atoms with Gasteiger partial charge in [-0.2, -0.15) is 0 Å². The van der Waals surface area contributed by atoms with Crippen LogP contribution in [-0.4, -0.2) is 23.3 Å². The predicted molar refractivity (Wildman–Crippen MR) is 89.0 cm³/mol. The maximum absolute atomic E-state index is 12.3. The van der Waals surface area contributed by atoms with Crippen LogP contribution in [0.1, 0.15) is 41.5 Å². The zero-order chi connectivity index (χ0) is 16.8. The second-order valence-electron chi connectivity index (χ2n) is 5.66. The fraction of sp³-hybridized carbons (Fsp3) is 0.278. The molecule has 0 saturated carbocycles. The van der Waals surface area contributed by atoms with Gasteiger partial charge in [-0.1, -0.05) is 13.8 Å². The average Bonchev–Trinajstić information content (AvgIpc) is 2.54. The van der Waals surface area contributed by atoms with E-state index >= 15 is 0 Å². The van der Waals surface area contributed by atoms with E-state index in [1.807, 2.05) is 13.8 Å². The van der Waals surface area contributed by atoms with Gasteiger partial charge >= 0.3 is 0 Å². The van der Waals surface area contributed by atoms with Gasteiger partial charge in [0.2, 0.25) is 0 Å². The third-order valence-electron chi connectivity index (χ3n) is 3.15. The molecule has 0 aliphatic rings. The molecule has 1 N–H and O–H groups in total. The molecule has 1 aromatic carbocycles. The number of Topliss-reactive ketones (excluding diaryl/α,β-unsaturated/α-hetero) is 1. The maximum Gasteiger partial charge on any atom is 0.255 e. The first-order valence-corrected chi connectivity index (χ1v) is 7.46. The van der Waals surface area contributed by atoms with Crippen LogP contribution in [0.3, 0.4) is 0 Å². The number of hydrogen-bond donors (Lipinski definition) is 1.